The summed E-state index contributed by atoms with van der Waals surface area (Å²) in [5.41, 5.74) is 7.32. The number of aromatic nitrogens is 1. The fraction of sp³-hybridized carbons (Fsp3) is 0.381. The minimum Gasteiger partial charge on any atom is -0.378 e. The van der Waals surface area contributed by atoms with Gasteiger partial charge in [0.15, 0.2) is 0 Å². The minimum atomic E-state index is 0.500. The molecule has 3 heteroatoms. The van der Waals surface area contributed by atoms with E-state index in [4.69, 9.17) is 6.42 Å². The largest absolute Gasteiger partial charge is 0.378 e. The van der Waals surface area contributed by atoms with Crippen molar-refractivity contribution in [3.63, 3.8) is 0 Å². The van der Waals surface area contributed by atoms with Crippen LogP contribution in [0.3, 0.4) is 0 Å². The van der Waals surface area contributed by atoms with Crippen molar-refractivity contribution in [1.82, 2.24) is 9.47 Å². The number of rotatable bonds is 8. The van der Waals surface area contributed by atoms with Gasteiger partial charge in [0, 0.05) is 53.7 Å². The monoisotopic (exact) mass is 608 g/mol. The van der Waals surface area contributed by atoms with E-state index >= 15 is 0 Å². The predicted molar refractivity (Wildman–Crippen MR) is 200 cm³/mol. The zero-order valence-corrected chi connectivity index (χ0v) is 29.2. The maximum absolute atomic E-state index is 9.50. The van der Waals surface area contributed by atoms with E-state index in [2.05, 4.69) is 124 Å². The smallest absolute Gasteiger partial charge is 0.0785 e. The molecule has 2 nitrogen and oxygen atoms in total. The fourth-order valence-corrected chi connectivity index (χ4v) is 5.18. The van der Waals surface area contributed by atoms with Crippen LogP contribution in [-0.4, -0.2) is 30.7 Å². The van der Waals surface area contributed by atoms with Gasteiger partial charge in [-0.25, -0.2) is 0 Å². The van der Waals surface area contributed by atoms with E-state index in [9.17, 15) is 4.39 Å². The van der Waals surface area contributed by atoms with Crippen molar-refractivity contribution in [3.8, 4) is 12.3 Å². The van der Waals surface area contributed by atoms with Crippen molar-refractivity contribution in [2.24, 2.45) is 5.92 Å². The molecule has 1 unspecified atom stereocenters. The number of hydrogen-bond acceptors (Lipinski definition) is 1. The number of allylic oxidation sites excluding steroid dienone is 3. The molecule has 3 aromatic carbocycles. The molecule has 0 aliphatic heterocycles. The van der Waals surface area contributed by atoms with Gasteiger partial charge in [0.2, 0.25) is 0 Å². The summed E-state index contributed by atoms with van der Waals surface area (Å²) in [6.07, 6.45) is 21.7. The summed E-state index contributed by atoms with van der Waals surface area (Å²) < 4.78 is 12.0. The van der Waals surface area contributed by atoms with Gasteiger partial charge in [0.05, 0.1) is 7.18 Å². The summed E-state index contributed by atoms with van der Waals surface area (Å²) in [7, 11) is 4.64. The molecule has 1 atom stereocenters. The first kappa shape index (κ1) is 39.0. The van der Waals surface area contributed by atoms with E-state index in [0.29, 0.717) is 13.1 Å². The lowest BCUT2D eigenvalue weighted by molar-refractivity contribution is 0.401. The molecule has 1 aliphatic carbocycles. The van der Waals surface area contributed by atoms with Gasteiger partial charge >= 0.3 is 0 Å². The number of aryl methyl sites for hydroxylation is 1. The van der Waals surface area contributed by atoms with Crippen LogP contribution >= 0.6 is 0 Å². The summed E-state index contributed by atoms with van der Waals surface area (Å²) in [6, 6.07) is 23.3. The van der Waals surface area contributed by atoms with Crippen LogP contribution in [0.2, 0.25) is 0 Å². The number of nitrogens with zero attached hydrogens (tertiary/aromatic N) is 2. The summed E-state index contributed by atoms with van der Waals surface area (Å²) in [4.78, 5) is 2.13. The molecule has 0 amide bonds. The number of benzene rings is 3. The first-order valence-electron chi connectivity index (χ1n) is 16.5. The highest BCUT2D eigenvalue weighted by atomic mass is 19.1. The van der Waals surface area contributed by atoms with E-state index in [0.717, 1.165) is 17.7 Å². The van der Waals surface area contributed by atoms with Crippen molar-refractivity contribution >= 4 is 27.9 Å². The number of likely N-dealkylation sites (N-methyl/N-ethyl adjacent to an activating group) is 1. The van der Waals surface area contributed by atoms with Crippen LogP contribution in [0.15, 0.2) is 97.2 Å². The molecule has 1 aliphatic rings. The maximum atomic E-state index is 9.50. The van der Waals surface area contributed by atoms with E-state index in [1.165, 1.54) is 71.6 Å². The second kappa shape index (κ2) is 22.5. The van der Waals surface area contributed by atoms with Crippen molar-refractivity contribution < 1.29 is 4.39 Å². The standard InChI is InChI=1S/C24H27N.C8H13N.C7H8.C2H6.CH3F/c1-5-9-10-20(8-4)17-25-23-13-11-18(6-2)15-21(23)22-16-19(7-3)12-14-24(22)25;1-9(2)8-6-4-3-5-7-8;1-7-5-3-2-4-6-7;2*1-2/h2,7,11-16,20H,3,5,8-10,17H2,1,4H3;4,6-7H,3,5H2,1-2H3;2-6H,1H3;1-2H3;1H3. The van der Waals surface area contributed by atoms with Crippen molar-refractivity contribution in [3.05, 3.63) is 114 Å². The lowest BCUT2D eigenvalue weighted by Crippen LogP contribution is -2.10. The van der Waals surface area contributed by atoms with E-state index in [1.807, 2.05) is 38.1 Å². The van der Waals surface area contributed by atoms with Crippen LogP contribution in [0.1, 0.15) is 82.9 Å². The van der Waals surface area contributed by atoms with Crippen LogP contribution < -0.4 is 0 Å². The number of fused-ring (bicyclic) bond motifs is 3. The summed E-state index contributed by atoms with van der Waals surface area (Å²) in [5.74, 6) is 3.49. The Morgan fingerprint density at radius 3 is 2.07 bits per heavy atom. The van der Waals surface area contributed by atoms with Gasteiger partial charge in [-0.2, -0.15) is 0 Å². The van der Waals surface area contributed by atoms with Crippen molar-refractivity contribution in [1.29, 1.82) is 0 Å². The zero-order valence-electron chi connectivity index (χ0n) is 29.2. The molecule has 0 bridgehead atoms. The number of halogens is 1. The van der Waals surface area contributed by atoms with Gasteiger partial charge in [-0.1, -0.05) is 120 Å². The molecule has 0 saturated heterocycles. The average molecular weight is 609 g/mol. The lowest BCUT2D eigenvalue weighted by Gasteiger charge is -2.17. The Kier molecular flexibility index (Phi) is 19.5. The molecule has 0 N–H and O–H groups in total. The summed E-state index contributed by atoms with van der Waals surface area (Å²) in [5, 5.41) is 2.52. The Labute approximate surface area is 274 Å². The Hall–Kier alpha value is -4.03. The molecule has 1 aromatic heterocycles. The third-order valence-corrected chi connectivity index (χ3v) is 7.71. The Morgan fingerprint density at radius 2 is 1.60 bits per heavy atom. The minimum absolute atomic E-state index is 0.500. The van der Waals surface area contributed by atoms with Gasteiger partial charge in [-0.15, -0.1) is 6.42 Å². The SMILES string of the molecule is C#Cc1ccc2c(c1)c1cc(C=C)ccc1n2CC(CC)CCCC.CC.CF.CN(C)C1=CCCC=C1.Cc1ccccc1. The molecule has 0 fully saturated rings. The molecular formula is C42H57FN2. The Balaban J connectivity index is 0.000000412. The molecule has 0 saturated carbocycles. The zero-order chi connectivity index (χ0) is 33.6. The predicted octanol–water partition coefficient (Wildman–Crippen LogP) is 12.0. The highest BCUT2D eigenvalue weighted by Crippen LogP contribution is 2.32. The van der Waals surface area contributed by atoms with Gasteiger partial charge in [-0.3, -0.25) is 4.39 Å². The van der Waals surface area contributed by atoms with Crippen LogP contribution in [0, 0.1) is 25.2 Å². The molecule has 0 radical (unpaired) electrons. The van der Waals surface area contributed by atoms with Crippen LogP contribution in [0.4, 0.5) is 4.39 Å². The van der Waals surface area contributed by atoms with Gasteiger partial charge in [0.1, 0.15) is 0 Å². The number of terminal acetylenes is 1. The quantitative estimate of drug-likeness (QED) is 0.181. The molecule has 4 aromatic rings. The first-order valence-corrected chi connectivity index (χ1v) is 16.5. The Morgan fingerprint density at radius 1 is 0.956 bits per heavy atom. The van der Waals surface area contributed by atoms with Crippen molar-refractivity contribution in [2.75, 3.05) is 21.3 Å². The summed E-state index contributed by atoms with van der Waals surface area (Å²) in [6.45, 7) is 15.6. The fourth-order valence-electron chi connectivity index (χ4n) is 5.18. The molecule has 1 heterocycles. The first-order chi connectivity index (χ1) is 21.9. The van der Waals surface area contributed by atoms with Gasteiger partial charge in [0.25, 0.3) is 0 Å². The normalized spacial score (nSPS) is 12.0. The maximum Gasteiger partial charge on any atom is 0.0785 e. The lowest BCUT2D eigenvalue weighted by atomic mass is 9.99. The molecule has 242 valence electrons. The van der Waals surface area contributed by atoms with E-state index in [-0.39, 0.29) is 0 Å². The Bertz CT molecular complexity index is 1500. The van der Waals surface area contributed by atoms with Gasteiger partial charge in [-0.05, 0) is 74.1 Å². The van der Waals surface area contributed by atoms with Crippen LogP contribution in [-0.2, 0) is 6.54 Å². The second-order valence-electron chi connectivity index (χ2n) is 11.0. The van der Waals surface area contributed by atoms with E-state index < -0.39 is 0 Å². The third kappa shape index (κ3) is 12.5. The molecule has 0 spiro atoms. The highest BCUT2D eigenvalue weighted by molar-refractivity contribution is 6.09. The number of alkyl halides is 1. The number of unbranched alkanes of at least 4 members (excludes halogenated alkanes) is 1. The highest BCUT2D eigenvalue weighted by Gasteiger charge is 2.15. The molecule has 45 heavy (non-hydrogen) atoms. The van der Waals surface area contributed by atoms with E-state index in [1.54, 1.807) is 0 Å². The number of hydrogen-bond donors (Lipinski definition) is 0. The topological polar surface area (TPSA) is 8.17 Å². The second-order valence-corrected chi connectivity index (χ2v) is 11.0. The molecule has 5 rings (SSSR count). The average Bonchev–Trinajstić information content (AvgIpc) is 3.41. The molecular weight excluding hydrogens is 551 g/mol. The summed E-state index contributed by atoms with van der Waals surface area (Å²) >= 11 is 0. The van der Waals surface area contributed by atoms with Crippen molar-refractivity contribution in [2.45, 2.75) is 79.7 Å². The van der Waals surface area contributed by atoms with Crippen LogP contribution in [0.25, 0.3) is 27.9 Å². The third-order valence-electron chi connectivity index (χ3n) is 7.71. The van der Waals surface area contributed by atoms with Gasteiger partial charge < -0.3 is 9.47 Å². The van der Waals surface area contributed by atoms with Crippen LogP contribution in [0.5, 0.6) is 0 Å².